The van der Waals surface area contributed by atoms with Gasteiger partial charge in [0, 0.05) is 30.4 Å². The van der Waals surface area contributed by atoms with Gasteiger partial charge < -0.3 is 14.8 Å². The van der Waals surface area contributed by atoms with Crippen LogP contribution >= 0.6 is 0 Å². The molecule has 0 bridgehead atoms. The summed E-state index contributed by atoms with van der Waals surface area (Å²) < 4.78 is 76.5. The molecule has 182 valence electrons. The number of allylic oxidation sites excluding steroid dienone is 1. The van der Waals surface area contributed by atoms with Crippen LogP contribution in [0.4, 0.5) is 18.9 Å². The highest BCUT2D eigenvalue weighted by Crippen LogP contribution is 2.38. The van der Waals surface area contributed by atoms with E-state index in [1.165, 1.54) is 40.7 Å². The zero-order valence-electron chi connectivity index (χ0n) is 18.1. The lowest BCUT2D eigenvalue weighted by molar-refractivity contribution is -0.137. The van der Waals surface area contributed by atoms with Gasteiger partial charge >= 0.3 is 6.18 Å². The summed E-state index contributed by atoms with van der Waals surface area (Å²) in [5, 5.41) is 2.67. The lowest BCUT2D eigenvalue weighted by Crippen LogP contribution is -2.40. The molecule has 1 fully saturated rings. The first-order valence-corrected chi connectivity index (χ1v) is 12.1. The molecule has 7 nitrogen and oxygen atoms in total. The van der Waals surface area contributed by atoms with Crippen molar-refractivity contribution in [2.75, 3.05) is 38.2 Å². The Morgan fingerprint density at radius 2 is 1.74 bits per heavy atom. The Labute approximate surface area is 195 Å². The molecule has 0 aromatic heterocycles. The molecule has 0 radical (unpaired) electrons. The molecular formula is C23H23F3N2O5S. The molecule has 0 saturated carbocycles. The van der Waals surface area contributed by atoms with Gasteiger partial charge in [-0.2, -0.15) is 17.5 Å². The Balaban J connectivity index is 1.50. The number of anilines is 1. The van der Waals surface area contributed by atoms with Crippen molar-refractivity contribution in [3.8, 4) is 5.75 Å². The van der Waals surface area contributed by atoms with Crippen molar-refractivity contribution < 1.29 is 35.9 Å². The van der Waals surface area contributed by atoms with E-state index in [9.17, 15) is 26.4 Å². The standard InChI is InChI=1S/C23H23F3N2O5S/c24-23(25,26)17-3-8-20-16(2-1-11-33-21(20)15-17)14-22(29)27-18-4-6-19(7-5-18)34(30,31)28-9-12-32-13-10-28/h3-8,14-15H,1-2,9-13H2,(H,27,29)/b16-14+. The number of rotatable bonds is 4. The molecule has 1 N–H and O–H groups in total. The smallest absolute Gasteiger partial charge is 0.416 e. The highest BCUT2D eigenvalue weighted by atomic mass is 32.2. The van der Waals surface area contributed by atoms with E-state index in [0.717, 1.165) is 12.1 Å². The molecule has 0 unspecified atom stereocenters. The summed E-state index contributed by atoms with van der Waals surface area (Å²) in [6.07, 6.45) is -2.15. The maximum Gasteiger partial charge on any atom is 0.416 e. The fourth-order valence-electron chi connectivity index (χ4n) is 3.80. The van der Waals surface area contributed by atoms with Crippen molar-refractivity contribution in [1.29, 1.82) is 0 Å². The quantitative estimate of drug-likeness (QED) is 0.649. The Bertz CT molecular complexity index is 1190. The maximum absolute atomic E-state index is 13.0. The predicted molar refractivity (Wildman–Crippen MR) is 119 cm³/mol. The number of nitrogens with one attached hydrogen (secondary N) is 1. The van der Waals surface area contributed by atoms with Crippen LogP contribution in [0.3, 0.4) is 0 Å². The Morgan fingerprint density at radius 1 is 1.03 bits per heavy atom. The first-order chi connectivity index (χ1) is 16.1. The predicted octanol–water partition coefficient (Wildman–Crippen LogP) is 3.92. The third-order valence-corrected chi connectivity index (χ3v) is 7.45. The first-order valence-electron chi connectivity index (χ1n) is 10.7. The summed E-state index contributed by atoms with van der Waals surface area (Å²) in [7, 11) is -3.65. The lowest BCUT2D eigenvalue weighted by Gasteiger charge is -2.26. The van der Waals surface area contributed by atoms with Crippen molar-refractivity contribution >= 4 is 27.2 Å². The van der Waals surface area contributed by atoms with E-state index < -0.39 is 27.7 Å². The van der Waals surface area contributed by atoms with Crippen LogP contribution in [0.15, 0.2) is 53.4 Å². The number of fused-ring (bicyclic) bond motifs is 1. The molecule has 1 saturated heterocycles. The maximum atomic E-state index is 13.0. The van der Waals surface area contributed by atoms with E-state index >= 15 is 0 Å². The highest BCUT2D eigenvalue weighted by molar-refractivity contribution is 7.89. The number of morpholine rings is 1. The molecule has 0 spiro atoms. The van der Waals surface area contributed by atoms with Crippen LogP contribution in [0.5, 0.6) is 5.75 Å². The molecule has 0 atom stereocenters. The topological polar surface area (TPSA) is 84.9 Å². The average Bonchev–Trinajstić information content (AvgIpc) is 3.01. The van der Waals surface area contributed by atoms with Crippen LogP contribution in [0.1, 0.15) is 24.0 Å². The normalized spacial score (nSPS) is 18.6. The molecule has 2 aromatic carbocycles. The van der Waals surface area contributed by atoms with Gasteiger partial charge in [-0.15, -0.1) is 0 Å². The summed E-state index contributed by atoms with van der Waals surface area (Å²) in [5.74, 6) is -0.393. The zero-order valence-corrected chi connectivity index (χ0v) is 18.9. The molecule has 2 aromatic rings. The number of alkyl halides is 3. The second kappa shape index (κ2) is 9.77. The van der Waals surface area contributed by atoms with E-state index in [4.69, 9.17) is 9.47 Å². The average molecular weight is 497 g/mol. The number of hydrogen-bond donors (Lipinski definition) is 1. The number of carbonyl (C=O) groups is 1. The Morgan fingerprint density at radius 3 is 2.41 bits per heavy atom. The third-order valence-electron chi connectivity index (χ3n) is 5.54. The minimum atomic E-state index is -4.49. The van der Waals surface area contributed by atoms with Gasteiger partial charge in [0.05, 0.1) is 30.3 Å². The largest absolute Gasteiger partial charge is 0.493 e. The summed E-state index contributed by atoms with van der Waals surface area (Å²) in [6, 6.07) is 9.04. The molecular weight excluding hydrogens is 473 g/mol. The van der Waals surface area contributed by atoms with Crippen LogP contribution < -0.4 is 10.1 Å². The van der Waals surface area contributed by atoms with E-state index in [2.05, 4.69) is 5.32 Å². The van der Waals surface area contributed by atoms with Crippen LogP contribution in [-0.2, 0) is 25.7 Å². The van der Waals surface area contributed by atoms with E-state index in [1.54, 1.807) is 0 Å². The molecule has 2 heterocycles. The van der Waals surface area contributed by atoms with Crippen molar-refractivity contribution in [2.45, 2.75) is 23.9 Å². The number of sulfonamides is 1. The summed E-state index contributed by atoms with van der Waals surface area (Å²) in [5.41, 5.74) is 0.571. The molecule has 1 amide bonds. The van der Waals surface area contributed by atoms with Crippen molar-refractivity contribution in [1.82, 2.24) is 4.31 Å². The van der Waals surface area contributed by atoms with Gasteiger partial charge in [-0.25, -0.2) is 8.42 Å². The van der Waals surface area contributed by atoms with Crippen LogP contribution in [-0.4, -0.2) is 51.5 Å². The molecule has 34 heavy (non-hydrogen) atoms. The van der Waals surface area contributed by atoms with Gasteiger partial charge in [-0.3, -0.25) is 4.79 Å². The second-order valence-electron chi connectivity index (χ2n) is 7.86. The fourth-order valence-corrected chi connectivity index (χ4v) is 5.20. The number of benzene rings is 2. The monoisotopic (exact) mass is 496 g/mol. The number of nitrogens with zero attached hydrogens (tertiary/aromatic N) is 1. The van der Waals surface area contributed by atoms with E-state index in [0.29, 0.717) is 42.9 Å². The molecule has 0 aliphatic carbocycles. The minimum Gasteiger partial charge on any atom is -0.493 e. The fraction of sp³-hybridized carbons (Fsp3) is 0.348. The van der Waals surface area contributed by atoms with Crippen molar-refractivity contribution in [2.24, 2.45) is 0 Å². The Hall–Kier alpha value is -2.89. The lowest BCUT2D eigenvalue weighted by atomic mass is 9.99. The SMILES string of the molecule is O=C(/C=C1\CCCOc2cc(C(F)(F)F)ccc21)Nc1ccc(S(=O)(=O)N2CCOCC2)cc1. The van der Waals surface area contributed by atoms with E-state index in [-0.39, 0.29) is 30.3 Å². The molecule has 2 aliphatic rings. The van der Waals surface area contributed by atoms with Gasteiger partial charge in [0.25, 0.3) is 0 Å². The minimum absolute atomic E-state index is 0.0871. The summed E-state index contributed by atoms with van der Waals surface area (Å²) >= 11 is 0. The summed E-state index contributed by atoms with van der Waals surface area (Å²) in [4.78, 5) is 12.7. The number of hydrogen-bond acceptors (Lipinski definition) is 5. The van der Waals surface area contributed by atoms with E-state index in [1.807, 2.05) is 0 Å². The summed E-state index contributed by atoms with van der Waals surface area (Å²) in [6.45, 7) is 1.49. The number of halogens is 3. The van der Waals surface area contributed by atoms with Crippen molar-refractivity contribution in [3.63, 3.8) is 0 Å². The number of ether oxygens (including phenoxy) is 2. The number of amides is 1. The van der Waals surface area contributed by atoms with Gasteiger partial charge in [-0.05, 0) is 54.8 Å². The van der Waals surface area contributed by atoms with Gasteiger partial charge in [-0.1, -0.05) is 6.07 Å². The van der Waals surface area contributed by atoms with Crippen LogP contribution in [0, 0.1) is 0 Å². The number of carbonyl (C=O) groups excluding carboxylic acids is 1. The van der Waals surface area contributed by atoms with Crippen molar-refractivity contribution in [3.05, 3.63) is 59.7 Å². The zero-order chi connectivity index (χ0) is 24.3. The molecule has 2 aliphatic heterocycles. The molecule has 4 rings (SSSR count). The van der Waals surface area contributed by atoms with Crippen LogP contribution in [0.2, 0.25) is 0 Å². The highest BCUT2D eigenvalue weighted by Gasteiger charge is 2.32. The van der Waals surface area contributed by atoms with Gasteiger partial charge in [0.15, 0.2) is 0 Å². The molecule has 11 heteroatoms. The first kappa shape index (κ1) is 24.2. The third kappa shape index (κ3) is 5.43. The van der Waals surface area contributed by atoms with Crippen LogP contribution in [0.25, 0.3) is 5.57 Å². The van der Waals surface area contributed by atoms with Gasteiger partial charge in [0.2, 0.25) is 15.9 Å². The van der Waals surface area contributed by atoms with Gasteiger partial charge in [0.1, 0.15) is 5.75 Å². The second-order valence-corrected chi connectivity index (χ2v) is 9.80. The Kier molecular flexibility index (Phi) is 6.96.